The third-order valence-corrected chi connectivity index (χ3v) is 12.8. The average molecular weight is 855 g/mol. The number of phosphoric ester groups is 2. The van der Waals surface area contributed by atoms with Crippen LogP contribution >= 0.6 is 27.0 Å². The minimum Gasteiger partial charge on any atom is -0.382 e. The molecule has 0 bridgehead atoms. The number of fused-ring (bicyclic) bond motifs is 3. The van der Waals surface area contributed by atoms with Gasteiger partial charge in [-0.3, -0.25) is 18.4 Å². The van der Waals surface area contributed by atoms with E-state index in [1.165, 1.54) is 11.7 Å². The van der Waals surface area contributed by atoms with Crippen molar-refractivity contribution in [3.63, 3.8) is 0 Å². The minimum absolute atomic E-state index is 0.0287. The smallest absolute Gasteiger partial charge is 0.382 e. The molecule has 3 aromatic heterocycles. The molecule has 4 aliphatic rings. The predicted octanol–water partition coefficient (Wildman–Crippen LogP) is 2.90. The number of aromatic nitrogens is 5. The lowest BCUT2D eigenvalue weighted by molar-refractivity contribution is -0.199. The molecule has 308 valence electrons. The first-order valence-corrected chi connectivity index (χ1v) is 21.4. The number of nitrogens with two attached hydrogens (primary N) is 2. The summed E-state index contributed by atoms with van der Waals surface area (Å²) >= 11 is 1.11. The molecule has 2 unspecified atom stereocenters. The van der Waals surface area contributed by atoms with Crippen LogP contribution in [0.25, 0.3) is 11.2 Å². The number of benzene rings is 1. The number of thiazole rings is 1. The molecule has 0 saturated carbocycles. The van der Waals surface area contributed by atoms with Crippen molar-refractivity contribution in [2.75, 3.05) is 24.3 Å². The molecule has 22 nitrogen and oxygen atoms in total. The van der Waals surface area contributed by atoms with Gasteiger partial charge in [0.05, 0.1) is 19.5 Å². The van der Waals surface area contributed by atoms with E-state index in [0.717, 1.165) is 16.9 Å². The van der Waals surface area contributed by atoms with Crippen LogP contribution in [0.2, 0.25) is 0 Å². The van der Waals surface area contributed by atoms with E-state index >= 15 is 0 Å². The number of nitrogens with zero attached hydrogens (tertiary/aromatic N) is 5. The number of hydrogen-bond acceptors (Lipinski definition) is 19. The average Bonchev–Trinajstić information content (AvgIpc) is 3.97. The summed E-state index contributed by atoms with van der Waals surface area (Å²) in [7, 11) is -10.6. The van der Waals surface area contributed by atoms with Crippen LogP contribution in [-0.2, 0) is 57.5 Å². The number of nitrogen functional groups attached to an aromatic ring is 1. The summed E-state index contributed by atoms with van der Waals surface area (Å²) in [6.07, 6.45) is -5.58. The second-order valence-corrected chi connectivity index (χ2v) is 18.4. The number of nitrogens with one attached hydrogen (secondary N) is 1. The number of carbonyl (C=O) groups is 1. The van der Waals surface area contributed by atoms with E-state index in [-0.39, 0.29) is 17.5 Å². The normalized spacial score (nSPS) is 30.8. The Bertz CT molecular complexity index is 2250. The van der Waals surface area contributed by atoms with Gasteiger partial charge in [-0.05, 0) is 33.3 Å². The van der Waals surface area contributed by atoms with Crippen molar-refractivity contribution in [3.05, 3.63) is 58.3 Å². The van der Waals surface area contributed by atoms with Crippen LogP contribution in [0.4, 0.5) is 11.8 Å². The van der Waals surface area contributed by atoms with Crippen LogP contribution in [0.1, 0.15) is 61.1 Å². The van der Waals surface area contributed by atoms with E-state index in [1.807, 2.05) is 30.3 Å². The third kappa shape index (κ3) is 8.50. The molecular weight excluding hydrogens is 814 g/mol. The van der Waals surface area contributed by atoms with Gasteiger partial charge < -0.3 is 55.0 Å². The van der Waals surface area contributed by atoms with Crippen molar-refractivity contribution in [1.29, 1.82) is 0 Å². The molecule has 0 radical (unpaired) electrons. The number of ether oxygens (including phenoxy) is 6. The van der Waals surface area contributed by atoms with Gasteiger partial charge in [-0.15, -0.1) is 11.3 Å². The SMILES string of the molecule is CC1(C)O[C@@H]2[C@H](O1)[C@@H](COP(=O)(O)OP(=O)(O)OC[C@H]1O[C@@H](c3nc(C(N)=O)cs3)[C@@H]3OC(C)(C)O[C@@H]31)O[C@H]2n1cnc2c(N)nc(NCc3ccccc3)nc21. The first-order valence-electron chi connectivity index (χ1n) is 17.6. The van der Waals surface area contributed by atoms with Crippen molar-refractivity contribution in [2.24, 2.45) is 5.73 Å². The van der Waals surface area contributed by atoms with Crippen LogP contribution in [0.5, 0.6) is 0 Å². The van der Waals surface area contributed by atoms with Gasteiger partial charge in [0.15, 0.2) is 29.3 Å². The lowest BCUT2D eigenvalue weighted by Crippen LogP contribution is -2.33. The summed E-state index contributed by atoms with van der Waals surface area (Å²) < 4.78 is 79.1. The summed E-state index contributed by atoms with van der Waals surface area (Å²) in [6, 6.07) is 9.63. The largest absolute Gasteiger partial charge is 0.481 e. The minimum atomic E-state index is -5.30. The Kier molecular flexibility index (Phi) is 10.6. The molecule has 10 atom stereocenters. The highest BCUT2D eigenvalue weighted by Gasteiger charge is 2.58. The van der Waals surface area contributed by atoms with E-state index < -0.39 is 95.3 Å². The highest BCUT2D eigenvalue weighted by atomic mass is 32.1. The van der Waals surface area contributed by atoms with Crippen molar-refractivity contribution >= 4 is 55.8 Å². The Labute approximate surface area is 328 Å². The maximum absolute atomic E-state index is 13.1. The number of hydrogen-bond donors (Lipinski definition) is 5. The molecule has 57 heavy (non-hydrogen) atoms. The fourth-order valence-electron chi connectivity index (χ4n) is 7.06. The van der Waals surface area contributed by atoms with Crippen molar-refractivity contribution in [3.8, 4) is 0 Å². The molecule has 7 N–H and O–H groups in total. The molecule has 4 aromatic rings. The standard InChI is InChI=1S/C32H40N8O14P2S/c1-31(2)50-20-17(48-23(22(20)52-31)28-37-16(13-57-28)26(34)41)11-46-55(42,43)54-56(44,45)47-12-18-21-24(53-32(3,4)51-21)29(49-18)40-14-36-19-25(33)38-30(39-27(19)40)35-10-15-8-6-5-7-9-15/h5-9,13-14,17-18,20-24,29H,10-12H2,1-4H3,(H2,34,41)(H,42,43)(H,44,45)(H3,33,35,38,39)/t17-,18-,20-,21-,22-,23-,24-,29-/m1/s1. The van der Waals surface area contributed by atoms with E-state index in [2.05, 4.69) is 29.6 Å². The predicted molar refractivity (Wildman–Crippen MR) is 196 cm³/mol. The highest BCUT2D eigenvalue weighted by molar-refractivity contribution is 7.61. The zero-order valence-corrected chi connectivity index (χ0v) is 33.4. The molecule has 0 spiro atoms. The first kappa shape index (κ1) is 40.3. The van der Waals surface area contributed by atoms with Crippen LogP contribution in [0.15, 0.2) is 42.0 Å². The zero-order chi connectivity index (χ0) is 40.5. The third-order valence-electron chi connectivity index (χ3n) is 9.32. The number of amides is 1. The molecule has 4 aliphatic heterocycles. The Morgan fingerprint density at radius 1 is 0.912 bits per heavy atom. The molecule has 25 heteroatoms. The molecule has 7 heterocycles. The van der Waals surface area contributed by atoms with Crippen LogP contribution in [0, 0.1) is 0 Å². The quantitative estimate of drug-likeness (QED) is 0.114. The van der Waals surface area contributed by atoms with E-state index in [4.69, 9.17) is 48.9 Å². The summed E-state index contributed by atoms with van der Waals surface area (Å²) in [5.74, 6) is -2.53. The maximum Gasteiger partial charge on any atom is 0.481 e. The Morgan fingerprint density at radius 2 is 1.53 bits per heavy atom. The van der Waals surface area contributed by atoms with Crippen molar-refractivity contribution < 1.29 is 65.5 Å². The fraction of sp³-hybridized carbons (Fsp3) is 0.531. The highest BCUT2D eigenvalue weighted by Crippen LogP contribution is 2.61. The molecule has 4 fully saturated rings. The van der Waals surface area contributed by atoms with E-state index in [0.29, 0.717) is 22.7 Å². The zero-order valence-electron chi connectivity index (χ0n) is 30.8. The molecule has 1 aromatic carbocycles. The summed E-state index contributed by atoms with van der Waals surface area (Å²) in [4.78, 5) is 50.3. The number of phosphoric acid groups is 2. The van der Waals surface area contributed by atoms with E-state index in [9.17, 15) is 23.7 Å². The summed E-state index contributed by atoms with van der Waals surface area (Å²) in [6.45, 7) is 5.87. The Balaban J connectivity index is 0.921. The van der Waals surface area contributed by atoms with Gasteiger partial charge in [0.1, 0.15) is 58.9 Å². The van der Waals surface area contributed by atoms with Gasteiger partial charge in [0, 0.05) is 11.9 Å². The van der Waals surface area contributed by atoms with Crippen LogP contribution in [0.3, 0.4) is 0 Å². The first-order chi connectivity index (χ1) is 26.9. The van der Waals surface area contributed by atoms with Gasteiger partial charge in [0.2, 0.25) is 5.95 Å². The van der Waals surface area contributed by atoms with Gasteiger partial charge >= 0.3 is 15.6 Å². The van der Waals surface area contributed by atoms with Gasteiger partial charge in [-0.2, -0.15) is 14.3 Å². The second-order valence-electron chi connectivity index (χ2n) is 14.4. The van der Waals surface area contributed by atoms with Crippen LogP contribution < -0.4 is 16.8 Å². The monoisotopic (exact) mass is 854 g/mol. The maximum atomic E-state index is 13.1. The van der Waals surface area contributed by atoms with Crippen molar-refractivity contribution in [2.45, 2.75) is 94.8 Å². The topological polar surface area (TPSA) is 295 Å². The molecule has 8 rings (SSSR count). The second kappa shape index (κ2) is 14.9. The van der Waals surface area contributed by atoms with Gasteiger partial charge in [-0.25, -0.2) is 19.1 Å². The van der Waals surface area contributed by atoms with Crippen molar-refractivity contribution in [1.82, 2.24) is 24.5 Å². The lowest BCUT2D eigenvalue weighted by atomic mass is 10.1. The lowest BCUT2D eigenvalue weighted by Gasteiger charge is -2.25. The number of rotatable bonds is 14. The number of anilines is 2. The number of primary amides is 1. The summed E-state index contributed by atoms with van der Waals surface area (Å²) in [5.41, 5.74) is 13.2. The number of imidazole rings is 1. The number of carbonyl (C=O) groups excluding carboxylic acids is 1. The Morgan fingerprint density at radius 3 is 2.18 bits per heavy atom. The molecular formula is C32H40N8O14P2S. The molecule has 1 amide bonds. The molecule has 0 aliphatic carbocycles. The Hall–Kier alpha value is -3.51. The van der Waals surface area contributed by atoms with Crippen LogP contribution in [-0.4, -0.2) is 102 Å². The van der Waals surface area contributed by atoms with Gasteiger partial charge in [-0.1, -0.05) is 30.3 Å². The van der Waals surface area contributed by atoms with E-state index in [1.54, 1.807) is 32.3 Å². The fourth-order valence-corrected chi connectivity index (χ4v) is 10.0. The summed E-state index contributed by atoms with van der Waals surface area (Å²) in [5, 5.41) is 4.98. The molecule has 4 saturated heterocycles. The van der Waals surface area contributed by atoms with Gasteiger partial charge in [0.25, 0.3) is 5.91 Å².